The third kappa shape index (κ3) is 6.01. The topological polar surface area (TPSA) is 123 Å². The van der Waals surface area contributed by atoms with Gasteiger partial charge in [0.25, 0.3) is 5.91 Å². The molecule has 3 aromatic rings. The summed E-state index contributed by atoms with van der Waals surface area (Å²) in [5.41, 5.74) is 2.84. The lowest BCUT2D eigenvalue weighted by Gasteiger charge is -2.25. The number of H-pyrrole nitrogens is 1. The first-order valence-electron chi connectivity index (χ1n) is 13.2. The second-order valence-corrected chi connectivity index (χ2v) is 9.84. The summed E-state index contributed by atoms with van der Waals surface area (Å²) in [6.07, 6.45) is 4.16. The van der Waals surface area contributed by atoms with Crippen molar-refractivity contribution in [3.05, 3.63) is 59.9 Å². The lowest BCUT2D eigenvalue weighted by Crippen LogP contribution is -2.45. The van der Waals surface area contributed by atoms with Crippen LogP contribution in [-0.2, 0) is 9.59 Å². The van der Waals surface area contributed by atoms with E-state index in [1.165, 1.54) is 0 Å². The minimum absolute atomic E-state index is 0.0145. The molecule has 3 heterocycles. The Hall–Kier alpha value is -4.21. The molecule has 2 aromatic carbocycles. The third-order valence-corrected chi connectivity index (χ3v) is 6.95. The molecule has 1 atom stereocenters. The molecular weight excluding hydrogens is 482 g/mol. The molecule has 3 amide bonds. The predicted octanol–water partition coefficient (Wildman–Crippen LogP) is 3.07. The lowest BCUT2D eigenvalue weighted by molar-refractivity contribution is -0.140. The van der Waals surface area contributed by atoms with E-state index in [2.05, 4.69) is 20.6 Å². The number of aliphatic imine (C=N–C) groups is 1. The maximum Gasteiger partial charge on any atom is 0.257 e. The van der Waals surface area contributed by atoms with Gasteiger partial charge in [0, 0.05) is 30.9 Å². The van der Waals surface area contributed by atoms with Gasteiger partial charge in [-0.3, -0.25) is 19.7 Å². The Bertz CT molecular complexity index is 1340. The first-order chi connectivity index (χ1) is 18.5. The molecule has 0 bridgehead atoms. The van der Waals surface area contributed by atoms with Crippen LogP contribution in [0.15, 0.2) is 53.5 Å². The largest absolute Gasteiger partial charge is 0.342 e. The summed E-state index contributed by atoms with van der Waals surface area (Å²) in [6, 6.07) is 13.8. The summed E-state index contributed by atoms with van der Waals surface area (Å²) < 4.78 is 0. The molecule has 38 heavy (non-hydrogen) atoms. The molecule has 1 aromatic heterocycles. The molecule has 0 radical (unpaired) electrons. The van der Waals surface area contributed by atoms with Gasteiger partial charge >= 0.3 is 0 Å². The van der Waals surface area contributed by atoms with Crippen molar-refractivity contribution >= 4 is 40.4 Å². The lowest BCUT2D eigenvalue weighted by atomic mass is 10.1. The second-order valence-electron chi connectivity index (χ2n) is 9.84. The van der Waals surface area contributed by atoms with Crippen LogP contribution < -0.4 is 10.6 Å². The van der Waals surface area contributed by atoms with Crippen molar-refractivity contribution in [3.8, 4) is 0 Å². The number of hydrogen-bond donors (Lipinski definition) is 3. The number of aromatic nitrogens is 2. The van der Waals surface area contributed by atoms with Crippen molar-refractivity contribution < 1.29 is 14.4 Å². The summed E-state index contributed by atoms with van der Waals surface area (Å²) in [6.45, 7) is 3.99. The molecular formula is C28H33N7O3. The number of benzene rings is 2. The summed E-state index contributed by atoms with van der Waals surface area (Å²) >= 11 is 0. The number of nitrogens with zero attached hydrogens (tertiary/aromatic N) is 4. The molecule has 0 aliphatic carbocycles. The SMILES string of the molecule is Cc1nc2ccc(NC(=NC3CCCCN(CC(=O)N4CCCC4)C3=O)NC(=O)c3ccccc3)cc2[nH]1. The molecule has 0 saturated carbocycles. The molecule has 2 fully saturated rings. The van der Waals surface area contributed by atoms with E-state index in [1.807, 2.05) is 36.1 Å². The predicted molar refractivity (Wildman–Crippen MR) is 146 cm³/mol. The fourth-order valence-corrected chi connectivity index (χ4v) is 4.96. The molecule has 2 saturated heterocycles. The van der Waals surface area contributed by atoms with Gasteiger partial charge in [-0.05, 0) is 69.4 Å². The van der Waals surface area contributed by atoms with Crippen LogP contribution in [0.5, 0.6) is 0 Å². The van der Waals surface area contributed by atoms with Gasteiger partial charge in [0.2, 0.25) is 17.8 Å². The Morgan fingerprint density at radius 2 is 1.82 bits per heavy atom. The monoisotopic (exact) mass is 515 g/mol. The Morgan fingerprint density at radius 3 is 2.61 bits per heavy atom. The van der Waals surface area contributed by atoms with E-state index in [4.69, 9.17) is 4.99 Å². The average molecular weight is 516 g/mol. The zero-order chi connectivity index (χ0) is 26.5. The molecule has 1 unspecified atom stereocenters. The normalized spacial score (nSPS) is 18.5. The number of imidazole rings is 1. The Morgan fingerprint density at radius 1 is 1.05 bits per heavy atom. The van der Waals surface area contributed by atoms with Gasteiger partial charge in [0.1, 0.15) is 11.9 Å². The van der Waals surface area contributed by atoms with Crippen molar-refractivity contribution in [1.29, 1.82) is 0 Å². The molecule has 2 aliphatic heterocycles. The zero-order valence-corrected chi connectivity index (χ0v) is 21.6. The van der Waals surface area contributed by atoms with Crippen LogP contribution in [0.4, 0.5) is 5.69 Å². The maximum absolute atomic E-state index is 13.5. The van der Waals surface area contributed by atoms with Crippen LogP contribution in [0.1, 0.15) is 48.3 Å². The van der Waals surface area contributed by atoms with Gasteiger partial charge in [-0.1, -0.05) is 18.2 Å². The van der Waals surface area contributed by atoms with Crippen molar-refractivity contribution in [1.82, 2.24) is 25.1 Å². The van der Waals surface area contributed by atoms with Crippen molar-refractivity contribution in [2.24, 2.45) is 4.99 Å². The van der Waals surface area contributed by atoms with E-state index >= 15 is 0 Å². The number of carbonyl (C=O) groups excluding carboxylic acids is 3. The van der Waals surface area contributed by atoms with Crippen molar-refractivity contribution in [3.63, 3.8) is 0 Å². The van der Waals surface area contributed by atoms with Crippen LogP contribution in [-0.4, -0.2) is 75.7 Å². The van der Waals surface area contributed by atoms with E-state index in [0.29, 0.717) is 24.2 Å². The summed E-state index contributed by atoms with van der Waals surface area (Å²) in [5.74, 6) is 0.441. The van der Waals surface area contributed by atoms with Crippen LogP contribution in [0.25, 0.3) is 11.0 Å². The first-order valence-corrected chi connectivity index (χ1v) is 13.2. The van der Waals surface area contributed by atoms with Gasteiger partial charge < -0.3 is 20.1 Å². The Balaban J connectivity index is 1.39. The van der Waals surface area contributed by atoms with E-state index in [-0.39, 0.29) is 30.2 Å². The van der Waals surface area contributed by atoms with E-state index in [0.717, 1.165) is 55.6 Å². The zero-order valence-electron chi connectivity index (χ0n) is 21.6. The second kappa shape index (κ2) is 11.5. The number of likely N-dealkylation sites (tertiary alicyclic amines) is 2. The van der Waals surface area contributed by atoms with Crippen LogP contribution >= 0.6 is 0 Å². The summed E-state index contributed by atoms with van der Waals surface area (Å²) in [5, 5.41) is 6.05. The first kappa shape index (κ1) is 25.4. The number of aryl methyl sites for hydroxylation is 1. The van der Waals surface area contributed by atoms with Crippen molar-refractivity contribution in [2.45, 2.75) is 45.1 Å². The van der Waals surface area contributed by atoms with Crippen LogP contribution in [0.3, 0.4) is 0 Å². The quantitative estimate of drug-likeness (QED) is 0.356. The minimum atomic E-state index is -0.708. The van der Waals surface area contributed by atoms with E-state index in [1.54, 1.807) is 29.2 Å². The number of guanidine groups is 1. The highest BCUT2D eigenvalue weighted by Gasteiger charge is 2.30. The third-order valence-electron chi connectivity index (χ3n) is 6.95. The Kier molecular flexibility index (Phi) is 7.67. The smallest absolute Gasteiger partial charge is 0.257 e. The van der Waals surface area contributed by atoms with Gasteiger partial charge in [0.05, 0.1) is 17.6 Å². The highest BCUT2D eigenvalue weighted by molar-refractivity contribution is 6.10. The Labute approximate surface area is 221 Å². The number of fused-ring (bicyclic) bond motifs is 1. The number of hydrogen-bond acceptors (Lipinski definition) is 5. The number of amides is 3. The number of anilines is 1. The van der Waals surface area contributed by atoms with Crippen LogP contribution in [0, 0.1) is 6.92 Å². The van der Waals surface area contributed by atoms with Gasteiger partial charge in [0.15, 0.2) is 0 Å². The minimum Gasteiger partial charge on any atom is -0.342 e. The number of aromatic amines is 1. The standard InChI is InChI=1S/C28H33N7O3/c1-19-29-22-13-12-21(17-24(22)30-19)31-28(33-26(37)20-9-3-2-4-10-20)32-23-11-5-6-16-35(27(23)38)18-25(36)34-14-7-8-15-34/h2-4,9-10,12-13,17,23H,5-8,11,14-16,18H2,1H3,(H,29,30)(H2,31,32,33,37). The molecule has 198 valence electrons. The van der Waals surface area contributed by atoms with Crippen molar-refractivity contribution in [2.75, 3.05) is 31.5 Å². The highest BCUT2D eigenvalue weighted by Crippen LogP contribution is 2.19. The summed E-state index contributed by atoms with van der Waals surface area (Å²) in [7, 11) is 0. The average Bonchev–Trinajstić information content (AvgIpc) is 3.55. The maximum atomic E-state index is 13.5. The summed E-state index contributed by atoms with van der Waals surface area (Å²) in [4.78, 5) is 55.1. The molecule has 0 spiro atoms. The molecule has 10 nitrogen and oxygen atoms in total. The molecule has 5 rings (SSSR count). The number of nitrogens with one attached hydrogen (secondary N) is 3. The number of carbonyl (C=O) groups is 3. The fourth-order valence-electron chi connectivity index (χ4n) is 4.96. The molecule has 10 heteroatoms. The van der Waals surface area contributed by atoms with Gasteiger partial charge in [-0.2, -0.15) is 0 Å². The molecule has 3 N–H and O–H groups in total. The fraction of sp³-hybridized carbons (Fsp3) is 0.393. The number of rotatable bonds is 5. The molecule has 2 aliphatic rings. The van der Waals surface area contributed by atoms with Crippen LogP contribution in [0.2, 0.25) is 0 Å². The van der Waals surface area contributed by atoms with E-state index < -0.39 is 6.04 Å². The highest BCUT2D eigenvalue weighted by atomic mass is 16.2. The van der Waals surface area contributed by atoms with Gasteiger partial charge in [-0.15, -0.1) is 0 Å². The van der Waals surface area contributed by atoms with Gasteiger partial charge in [-0.25, -0.2) is 9.98 Å². The van der Waals surface area contributed by atoms with E-state index in [9.17, 15) is 14.4 Å².